The van der Waals surface area contributed by atoms with Crippen LogP contribution in [0, 0.1) is 12.8 Å². The maximum Gasteiger partial charge on any atom is 0.326 e. The number of carbonyl (C=O) groups excluding carboxylic acids is 1. The Balaban J connectivity index is 2.05. The molecule has 2 N–H and O–H groups in total. The molecule has 0 spiro atoms. The van der Waals surface area contributed by atoms with E-state index in [2.05, 4.69) is 10.3 Å². The second kappa shape index (κ2) is 6.26. The summed E-state index contributed by atoms with van der Waals surface area (Å²) in [4.78, 5) is 28.4. The molecule has 0 radical (unpaired) electrons. The molecule has 0 bridgehead atoms. The number of carbonyl (C=O) groups is 2. The fourth-order valence-corrected chi connectivity index (χ4v) is 3.09. The zero-order chi connectivity index (χ0) is 15.6. The minimum Gasteiger partial charge on any atom is -0.480 e. The van der Waals surface area contributed by atoms with Crippen LogP contribution in [0.25, 0.3) is 4.96 Å². The number of fused-ring (bicyclic) bond motifs is 1. The highest BCUT2D eigenvalue weighted by molar-refractivity contribution is 7.15. The normalized spacial score (nSPS) is 12.8. The lowest BCUT2D eigenvalue weighted by Gasteiger charge is -2.16. The molecule has 21 heavy (non-hydrogen) atoms. The summed E-state index contributed by atoms with van der Waals surface area (Å²) in [5, 5.41) is 13.6. The molecule has 0 aliphatic carbocycles. The van der Waals surface area contributed by atoms with Crippen LogP contribution in [0.1, 0.15) is 31.7 Å². The molecule has 2 aromatic heterocycles. The highest BCUT2D eigenvalue weighted by Gasteiger charge is 2.21. The Morgan fingerprint density at radius 2 is 2.19 bits per heavy atom. The van der Waals surface area contributed by atoms with E-state index in [1.54, 1.807) is 0 Å². The van der Waals surface area contributed by atoms with Crippen LogP contribution in [0.3, 0.4) is 0 Å². The lowest BCUT2D eigenvalue weighted by Crippen LogP contribution is -2.42. The minimum atomic E-state index is -0.994. The standard InChI is InChI=1S/C14H19N3O3S/c1-8(2)4-11(13(19)20)16-12(18)5-10-7-21-14-15-9(3)6-17(10)14/h6-8,11H,4-5H2,1-3H3,(H,16,18)(H,19,20)/t11-/m1/s1. The average Bonchev–Trinajstić information content (AvgIpc) is 2.88. The van der Waals surface area contributed by atoms with Crippen molar-refractivity contribution in [2.24, 2.45) is 5.92 Å². The van der Waals surface area contributed by atoms with Crippen molar-refractivity contribution in [3.8, 4) is 0 Å². The van der Waals surface area contributed by atoms with Gasteiger partial charge in [-0.05, 0) is 19.3 Å². The molecule has 7 heteroatoms. The fourth-order valence-electron chi connectivity index (χ4n) is 2.17. The number of aromatic nitrogens is 2. The Kier molecular flexibility index (Phi) is 4.62. The van der Waals surface area contributed by atoms with Gasteiger partial charge in [0.1, 0.15) is 6.04 Å². The van der Waals surface area contributed by atoms with Gasteiger partial charge in [-0.2, -0.15) is 0 Å². The zero-order valence-corrected chi connectivity index (χ0v) is 13.1. The molecule has 2 heterocycles. The van der Waals surface area contributed by atoms with Gasteiger partial charge in [0.05, 0.1) is 12.1 Å². The van der Waals surface area contributed by atoms with E-state index in [1.165, 1.54) is 11.3 Å². The molecule has 114 valence electrons. The van der Waals surface area contributed by atoms with Crippen molar-refractivity contribution in [1.82, 2.24) is 14.7 Å². The number of nitrogens with zero attached hydrogens (tertiary/aromatic N) is 2. The maximum atomic E-state index is 12.1. The lowest BCUT2D eigenvalue weighted by atomic mass is 10.0. The topological polar surface area (TPSA) is 83.7 Å². The van der Waals surface area contributed by atoms with Gasteiger partial charge in [0.2, 0.25) is 5.91 Å². The van der Waals surface area contributed by atoms with Crippen molar-refractivity contribution in [1.29, 1.82) is 0 Å². The van der Waals surface area contributed by atoms with E-state index in [1.807, 2.05) is 36.7 Å². The Labute approximate surface area is 126 Å². The van der Waals surface area contributed by atoms with E-state index in [4.69, 9.17) is 5.11 Å². The van der Waals surface area contributed by atoms with Crippen LogP contribution in [-0.4, -0.2) is 32.4 Å². The third kappa shape index (κ3) is 3.81. The number of carboxylic acids is 1. The first kappa shape index (κ1) is 15.5. The summed E-state index contributed by atoms with van der Waals surface area (Å²) in [5.74, 6) is -1.07. The maximum absolute atomic E-state index is 12.1. The van der Waals surface area contributed by atoms with Gasteiger partial charge in [-0.1, -0.05) is 13.8 Å². The third-order valence-electron chi connectivity index (χ3n) is 3.09. The number of nitrogens with one attached hydrogen (secondary N) is 1. The molecule has 0 aliphatic heterocycles. The largest absolute Gasteiger partial charge is 0.480 e. The van der Waals surface area contributed by atoms with E-state index in [9.17, 15) is 9.59 Å². The average molecular weight is 309 g/mol. The highest BCUT2D eigenvalue weighted by Crippen LogP contribution is 2.17. The summed E-state index contributed by atoms with van der Waals surface area (Å²) in [6, 6.07) is -0.837. The second-order valence-corrected chi connectivity index (χ2v) is 6.36. The van der Waals surface area contributed by atoms with Gasteiger partial charge in [0.15, 0.2) is 4.96 Å². The lowest BCUT2D eigenvalue weighted by molar-refractivity contribution is -0.142. The van der Waals surface area contributed by atoms with Crippen LogP contribution >= 0.6 is 11.3 Å². The number of aliphatic carboxylic acids is 1. The summed E-state index contributed by atoms with van der Waals surface area (Å²) < 4.78 is 1.87. The van der Waals surface area contributed by atoms with E-state index >= 15 is 0 Å². The monoisotopic (exact) mass is 309 g/mol. The Morgan fingerprint density at radius 3 is 2.81 bits per heavy atom. The number of thiazole rings is 1. The van der Waals surface area contributed by atoms with Crippen molar-refractivity contribution in [2.75, 3.05) is 0 Å². The molecular formula is C14H19N3O3S. The Morgan fingerprint density at radius 1 is 1.48 bits per heavy atom. The summed E-state index contributed by atoms with van der Waals surface area (Å²) in [5.41, 5.74) is 1.72. The molecule has 0 unspecified atom stereocenters. The van der Waals surface area contributed by atoms with Crippen molar-refractivity contribution in [3.05, 3.63) is 23.0 Å². The number of rotatable bonds is 6. The van der Waals surface area contributed by atoms with Gasteiger partial charge in [-0.3, -0.25) is 9.20 Å². The van der Waals surface area contributed by atoms with Gasteiger partial charge in [0.25, 0.3) is 0 Å². The third-order valence-corrected chi connectivity index (χ3v) is 3.97. The Bertz CT molecular complexity index is 660. The van der Waals surface area contributed by atoms with Crippen molar-refractivity contribution < 1.29 is 14.7 Å². The molecular weight excluding hydrogens is 290 g/mol. The molecule has 2 rings (SSSR count). The van der Waals surface area contributed by atoms with Gasteiger partial charge in [0, 0.05) is 17.3 Å². The summed E-state index contributed by atoms with van der Waals surface area (Å²) in [7, 11) is 0. The van der Waals surface area contributed by atoms with E-state index in [0.717, 1.165) is 16.3 Å². The molecule has 0 fully saturated rings. The van der Waals surface area contributed by atoms with E-state index in [0.29, 0.717) is 6.42 Å². The number of amides is 1. The number of carboxylic acid groups (broad SMARTS) is 1. The van der Waals surface area contributed by atoms with Crippen LogP contribution in [0.15, 0.2) is 11.6 Å². The SMILES string of the molecule is Cc1cn2c(CC(=O)N[C@H](CC(C)C)C(=O)O)csc2n1. The van der Waals surface area contributed by atoms with Crippen LogP contribution in [0.2, 0.25) is 0 Å². The number of hydrogen-bond donors (Lipinski definition) is 2. The second-order valence-electron chi connectivity index (χ2n) is 5.53. The molecule has 6 nitrogen and oxygen atoms in total. The number of hydrogen-bond acceptors (Lipinski definition) is 4. The van der Waals surface area contributed by atoms with Crippen LogP contribution in [0.5, 0.6) is 0 Å². The van der Waals surface area contributed by atoms with Crippen LogP contribution in [0.4, 0.5) is 0 Å². The number of imidazole rings is 1. The summed E-state index contributed by atoms with van der Waals surface area (Å²) >= 11 is 1.47. The molecule has 0 aromatic carbocycles. The van der Waals surface area contributed by atoms with Crippen LogP contribution in [-0.2, 0) is 16.0 Å². The number of aryl methyl sites for hydroxylation is 1. The van der Waals surface area contributed by atoms with Gasteiger partial charge in [-0.15, -0.1) is 11.3 Å². The van der Waals surface area contributed by atoms with Crippen molar-refractivity contribution in [2.45, 2.75) is 39.7 Å². The van der Waals surface area contributed by atoms with Crippen LogP contribution < -0.4 is 5.32 Å². The van der Waals surface area contributed by atoms with Crippen molar-refractivity contribution >= 4 is 28.2 Å². The van der Waals surface area contributed by atoms with Gasteiger partial charge in [-0.25, -0.2) is 9.78 Å². The fraction of sp³-hybridized carbons (Fsp3) is 0.500. The molecule has 0 aliphatic rings. The van der Waals surface area contributed by atoms with Gasteiger partial charge >= 0.3 is 5.97 Å². The summed E-state index contributed by atoms with van der Waals surface area (Å²) in [6.07, 6.45) is 2.44. The minimum absolute atomic E-state index is 0.150. The molecule has 1 atom stereocenters. The molecule has 2 aromatic rings. The first-order valence-electron chi connectivity index (χ1n) is 6.81. The first-order valence-corrected chi connectivity index (χ1v) is 7.69. The highest BCUT2D eigenvalue weighted by atomic mass is 32.1. The quantitative estimate of drug-likeness (QED) is 0.853. The predicted molar refractivity (Wildman–Crippen MR) is 80.5 cm³/mol. The smallest absolute Gasteiger partial charge is 0.326 e. The summed E-state index contributed by atoms with van der Waals surface area (Å²) in [6.45, 7) is 5.75. The zero-order valence-electron chi connectivity index (χ0n) is 12.3. The molecule has 0 saturated heterocycles. The van der Waals surface area contributed by atoms with Gasteiger partial charge < -0.3 is 10.4 Å². The molecule has 0 saturated carbocycles. The first-order chi connectivity index (χ1) is 9.86. The van der Waals surface area contributed by atoms with E-state index < -0.39 is 12.0 Å². The Hall–Kier alpha value is -1.89. The predicted octanol–water partition coefficient (Wildman–Crippen LogP) is 1.86. The molecule has 1 amide bonds. The van der Waals surface area contributed by atoms with Crippen molar-refractivity contribution in [3.63, 3.8) is 0 Å². The van der Waals surface area contributed by atoms with E-state index in [-0.39, 0.29) is 18.2 Å².